The number of nitrogens with one attached hydrogen (secondary N) is 2. The Bertz CT molecular complexity index is 1190. The molecule has 0 saturated heterocycles. The summed E-state index contributed by atoms with van der Waals surface area (Å²) >= 11 is 0. The Balaban J connectivity index is 1.72. The second-order valence-corrected chi connectivity index (χ2v) is 7.73. The quantitative estimate of drug-likeness (QED) is 0.556. The molecule has 0 unspecified atom stereocenters. The van der Waals surface area contributed by atoms with E-state index in [1.165, 1.54) is 7.05 Å². The lowest BCUT2D eigenvalue weighted by Gasteiger charge is -2.06. The molecule has 0 bridgehead atoms. The maximum absolute atomic E-state index is 11.9. The Kier molecular flexibility index (Phi) is 4.35. The highest BCUT2D eigenvalue weighted by Gasteiger charge is 2.13. The molecule has 0 aliphatic carbocycles. The monoisotopic (exact) mass is 379 g/mol. The SMILES string of the molecule is CNS(=O)(=O)c1ccc(-c2cccc3nc(Nc4ccccc4)nn23)cc1. The van der Waals surface area contributed by atoms with Crippen molar-refractivity contribution in [3.8, 4) is 11.3 Å². The topological polar surface area (TPSA) is 88.4 Å². The highest BCUT2D eigenvalue weighted by atomic mass is 32.2. The lowest BCUT2D eigenvalue weighted by atomic mass is 10.1. The van der Waals surface area contributed by atoms with Crippen LogP contribution >= 0.6 is 0 Å². The zero-order valence-corrected chi connectivity index (χ0v) is 15.3. The maximum atomic E-state index is 11.9. The van der Waals surface area contributed by atoms with Crippen molar-refractivity contribution in [2.75, 3.05) is 12.4 Å². The second kappa shape index (κ2) is 6.82. The number of fused-ring (bicyclic) bond motifs is 1. The van der Waals surface area contributed by atoms with Gasteiger partial charge in [0.15, 0.2) is 5.65 Å². The van der Waals surface area contributed by atoms with Gasteiger partial charge in [0.25, 0.3) is 0 Å². The van der Waals surface area contributed by atoms with Gasteiger partial charge in [-0.3, -0.25) is 0 Å². The molecule has 2 aromatic carbocycles. The average Bonchev–Trinajstić information content (AvgIpc) is 3.11. The maximum Gasteiger partial charge on any atom is 0.247 e. The highest BCUT2D eigenvalue weighted by Crippen LogP contribution is 2.23. The molecule has 2 N–H and O–H groups in total. The third-order valence-electron chi connectivity index (χ3n) is 4.12. The third kappa shape index (κ3) is 3.40. The van der Waals surface area contributed by atoms with Gasteiger partial charge in [-0.25, -0.2) is 17.7 Å². The number of hydrogen-bond acceptors (Lipinski definition) is 5. The van der Waals surface area contributed by atoms with E-state index in [4.69, 9.17) is 0 Å². The van der Waals surface area contributed by atoms with Crippen molar-refractivity contribution in [3.05, 3.63) is 72.8 Å². The average molecular weight is 379 g/mol. The molecule has 0 aliphatic rings. The third-order valence-corrected chi connectivity index (χ3v) is 5.55. The highest BCUT2D eigenvalue weighted by molar-refractivity contribution is 7.89. The fraction of sp³-hybridized carbons (Fsp3) is 0.0526. The number of aromatic nitrogens is 3. The van der Waals surface area contributed by atoms with Crippen LogP contribution in [-0.4, -0.2) is 30.1 Å². The molecule has 0 atom stereocenters. The molecule has 136 valence electrons. The summed E-state index contributed by atoms with van der Waals surface area (Å²) in [6.45, 7) is 0. The number of sulfonamides is 1. The first kappa shape index (κ1) is 17.2. The standard InChI is InChI=1S/C19H17N5O2S/c1-20-27(25,26)16-12-10-14(11-13-16)17-8-5-9-18-22-19(23-24(17)18)21-15-6-3-2-4-7-15/h2-13,20H,1H3,(H,21,23). The van der Waals surface area contributed by atoms with E-state index >= 15 is 0 Å². The molecule has 0 spiro atoms. The van der Waals surface area contributed by atoms with Crippen LogP contribution in [0.25, 0.3) is 16.9 Å². The van der Waals surface area contributed by atoms with Crippen molar-refractivity contribution in [2.24, 2.45) is 0 Å². The smallest absolute Gasteiger partial charge is 0.247 e. The van der Waals surface area contributed by atoms with E-state index in [0.717, 1.165) is 16.9 Å². The lowest BCUT2D eigenvalue weighted by Crippen LogP contribution is -2.18. The van der Waals surface area contributed by atoms with Crippen molar-refractivity contribution in [1.82, 2.24) is 19.3 Å². The lowest BCUT2D eigenvalue weighted by molar-refractivity contribution is 0.588. The molecule has 27 heavy (non-hydrogen) atoms. The van der Waals surface area contributed by atoms with Gasteiger partial charge < -0.3 is 5.32 Å². The van der Waals surface area contributed by atoms with E-state index in [2.05, 4.69) is 20.1 Å². The molecule has 4 rings (SSSR count). The second-order valence-electron chi connectivity index (χ2n) is 5.84. The summed E-state index contributed by atoms with van der Waals surface area (Å²) in [6, 6.07) is 22.0. The Morgan fingerprint density at radius 2 is 1.63 bits per heavy atom. The molecular formula is C19H17N5O2S. The number of nitrogens with zero attached hydrogens (tertiary/aromatic N) is 3. The van der Waals surface area contributed by atoms with E-state index < -0.39 is 10.0 Å². The van der Waals surface area contributed by atoms with Crippen LogP contribution in [0.15, 0.2) is 77.7 Å². The molecule has 0 aliphatic heterocycles. The first-order chi connectivity index (χ1) is 13.1. The molecule has 2 heterocycles. The Hall–Kier alpha value is -3.23. The number of para-hydroxylation sites is 1. The van der Waals surface area contributed by atoms with Gasteiger partial charge in [0.05, 0.1) is 10.6 Å². The van der Waals surface area contributed by atoms with Gasteiger partial charge >= 0.3 is 0 Å². The van der Waals surface area contributed by atoms with Crippen molar-refractivity contribution in [3.63, 3.8) is 0 Å². The van der Waals surface area contributed by atoms with Gasteiger partial charge in [-0.05, 0) is 43.4 Å². The van der Waals surface area contributed by atoms with Crippen LogP contribution in [-0.2, 0) is 10.0 Å². The summed E-state index contributed by atoms with van der Waals surface area (Å²) in [7, 11) is -2.08. The predicted molar refractivity (Wildman–Crippen MR) is 104 cm³/mol. The van der Waals surface area contributed by atoms with Crippen molar-refractivity contribution in [1.29, 1.82) is 0 Å². The van der Waals surface area contributed by atoms with Crippen LogP contribution in [0.5, 0.6) is 0 Å². The molecule has 0 saturated carbocycles. The van der Waals surface area contributed by atoms with Crippen LogP contribution < -0.4 is 10.0 Å². The van der Waals surface area contributed by atoms with E-state index in [-0.39, 0.29) is 4.90 Å². The molecule has 0 radical (unpaired) electrons. The Morgan fingerprint density at radius 1 is 0.889 bits per heavy atom. The number of rotatable bonds is 5. The van der Waals surface area contributed by atoms with Crippen LogP contribution in [0.3, 0.4) is 0 Å². The van der Waals surface area contributed by atoms with Gasteiger partial charge in [-0.1, -0.05) is 36.4 Å². The summed E-state index contributed by atoms with van der Waals surface area (Å²) in [5, 5.41) is 7.71. The first-order valence-electron chi connectivity index (χ1n) is 8.29. The Morgan fingerprint density at radius 3 is 2.33 bits per heavy atom. The molecule has 7 nitrogen and oxygen atoms in total. The molecular weight excluding hydrogens is 362 g/mol. The zero-order chi connectivity index (χ0) is 18.9. The molecule has 4 aromatic rings. The number of hydrogen-bond donors (Lipinski definition) is 2. The first-order valence-corrected chi connectivity index (χ1v) is 9.77. The van der Waals surface area contributed by atoms with Gasteiger partial charge in [0.1, 0.15) is 0 Å². The summed E-state index contributed by atoms with van der Waals surface area (Å²) in [4.78, 5) is 4.71. The van der Waals surface area contributed by atoms with E-state index in [0.29, 0.717) is 11.6 Å². The largest absolute Gasteiger partial charge is 0.323 e. The summed E-state index contributed by atoms with van der Waals surface area (Å²) in [6.07, 6.45) is 0. The zero-order valence-electron chi connectivity index (χ0n) is 14.5. The van der Waals surface area contributed by atoms with Gasteiger partial charge in [-0.15, -0.1) is 5.10 Å². The minimum atomic E-state index is -3.46. The fourth-order valence-corrected chi connectivity index (χ4v) is 3.48. The van der Waals surface area contributed by atoms with Crippen molar-refractivity contribution >= 4 is 27.3 Å². The van der Waals surface area contributed by atoms with Crippen molar-refractivity contribution in [2.45, 2.75) is 4.90 Å². The van der Waals surface area contributed by atoms with Gasteiger partial charge in [0, 0.05) is 11.3 Å². The fourth-order valence-electron chi connectivity index (χ4n) is 2.75. The minimum Gasteiger partial charge on any atom is -0.323 e. The van der Waals surface area contributed by atoms with E-state index in [1.54, 1.807) is 28.8 Å². The van der Waals surface area contributed by atoms with Gasteiger partial charge in [-0.2, -0.15) is 4.98 Å². The number of pyridine rings is 1. The minimum absolute atomic E-state index is 0.214. The van der Waals surface area contributed by atoms with E-state index in [1.807, 2.05) is 48.5 Å². The number of benzene rings is 2. The molecule has 2 aromatic heterocycles. The summed E-state index contributed by atoms with van der Waals surface area (Å²) < 4.78 is 27.8. The summed E-state index contributed by atoms with van der Waals surface area (Å²) in [5.41, 5.74) is 3.25. The summed E-state index contributed by atoms with van der Waals surface area (Å²) in [5.74, 6) is 0.489. The number of anilines is 2. The predicted octanol–water partition coefficient (Wildman–Crippen LogP) is 3.05. The Labute approximate surface area is 156 Å². The van der Waals surface area contributed by atoms with E-state index in [9.17, 15) is 8.42 Å². The molecule has 8 heteroatoms. The van der Waals surface area contributed by atoms with Crippen LogP contribution in [0.4, 0.5) is 11.6 Å². The normalized spacial score (nSPS) is 11.6. The van der Waals surface area contributed by atoms with Crippen LogP contribution in [0, 0.1) is 0 Å². The molecule has 0 fully saturated rings. The van der Waals surface area contributed by atoms with Crippen LogP contribution in [0.2, 0.25) is 0 Å². The van der Waals surface area contributed by atoms with Crippen LogP contribution in [0.1, 0.15) is 0 Å². The van der Waals surface area contributed by atoms with Crippen molar-refractivity contribution < 1.29 is 8.42 Å². The molecule has 0 amide bonds. The van der Waals surface area contributed by atoms with Gasteiger partial charge in [0.2, 0.25) is 16.0 Å².